The van der Waals surface area contributed by atoms with E-state index in [1.54, 1.807) is 4.90 Å². The Morgan fingerprint density at radius 2 is 1.04 bits per heavy atom. The standard InChI is InChI=1S/C38H34N2O6/c41-35(42)38(39-36(43)45-21-33-29-13-5-1-9-25(29)26-10-2-6-14-30(26)33)19-23-17-18-24(20-38)40(23)37(44)46-22-34-31-15-7-3-11-27(31)28-12-4-8-16-32(28)34/h1-16,23-24,33-34H,17-22H2,(H,39,43)(H,41,42). The van der Waals surface area contributed by atoms with Crippen LogP contribution in [0.25, 0.3) is 22.3 Å². The molecule has 8 rings (SSSR count). The van der Waals surface area contributed by atoms with E-state index in [1.807, 2.05) is 60.7 Å². The Kier molecular flexibility index (Phi) is 6.82. The van der Waals surface area contributed by atoms with Crippen molar-refractivity contribution in [1.82, 2.24) is 10.2 Å². The van der Waals surface area contributed by atoms with Gasteiger partial charge in [-0.25, -0.2) is 14.4 Å². The highest BCUT2D eigenvalue weighted by atomic mass is 16.6. The van der Waals surface area contributed by atoms with E-state index in [1.165, 1.54) is 0 Å². The van der Waals surface area contributed by atoms with Crippen molar-refractivity contribution in [2.45, 2.75) is 55.1 Å². The van der Waals surface area contributed by atoms with E-state index in [-0.39, 0.29) is 50.0 Å². The van der Waals surface area contributed by atoms with Gasteiger partial charge in [0.15, 0.2) is 0 Å². The molecule has 4 aromatic carbocycles. The molecule has 0 radical (unpaired) electrons. The molecule has 4 aromatic rings. The molecule has 0 aromatic heterocycles. The number of hydrogen-bond acceptors (Lipinski definition) is 5. The van der Waals surface area contributed by atoms with Crippen LogP contribution in [0.4, 0.5) is 9.59 Å². The summed E-state index contributed by atoms with van der Waals surface area (Å²) in [6, 6.07) is 31.8. The van der Waals surface area contributed by atoms with Crippen LogP contribution in [0.3, 0.4) is 0 Å². The Morgan fingerprint density at radius 1 is 0.652 bits per heavy atom. The molecule has 2 bridgehead atoms. The molecule has 2 fully saturated rings. The van der Waals surface area contributed by atoms with E-state index in [9.17, 15) is 19.5 Å². The van der Waals surface area contributed by atoms with Crippen molar-refractivity contribution in [3.05, 3.63) is 119 Å². The zero-order valence-corrected chi connectivity index (χ0v) is 25.2. The number of aliphatic carboxylic acids is 1. The fourth-order valence-electron chi connectivity index (χ4n) is 8.38. The van der Waals surface area contributed by atoms with Crippen LogP contribution in [-0.4, -0.2) is 59.0 Å². The Morgan fingerprint density at radius 3 is 1.46 bits per heavy atom. The number of carbonyl (C=O) groups is 3. The van der Waals surface area contributed by atoms with Crippen LogP contribution in [-0.2, 0) is 14.3 Å². The van der Waals surface area contributed by atoms with Gasteiger partial charge in [-0.05, 0) is 57.3 Å². The third kappa shape index (κ3) is 4.54. The first kappa shape index (κ1) is 28.4. The van der Waals surface area contributed by atoms with Crippen molar-refractivity contribution >= 4 is 18.2 Å². The van der Waals surface area contributed by atoms with Crippen molar-refractivity contribution in [2.75, 3.05) is 13.2 Å². The lowest BCUT2D eigenvalue weighted by Gasteiger charge is -2.43. The molecule has 2 heterocycles. The highest BCUT2D eigenvalue weighted by Gasteiger charge is 2.55. The average molecular weight is 615 g/mol. The maximum atomic E-state index is 13.5. The lowest BCUT2D eigenvalue weighted by molar-refractivity contribution is -0.148. The van der Waals surface area contributed by atoms with Gasteiger partial charge in [-0.2, -0.15) is 0 Å². The minimum absolute atomic E-state index is 0.0628. The molecule has 2 atom stereocenters. The quantitative estimate of drug-likeness (QED) is 0.244. The van der Waals surface area contributed by atoms with E-state index in [2.05, 4.69) is 41.7 Å². The van der Waals surface area contributed by atoms with Crippen LogP contribution in [0.2, 0.25) is 0 Å². The van der Waals surface area contributed by atoms with E-state index in [0.717, 1.165) is 44.5 Å². The molecule has 2 aliphatic carbocycles. The van der Waals surface area contributed by atoms with Crippen LogP contribution in [0.15, 0.2) is 97.1 Å². The first-order valence-corrected chi connectivity index (χ1v) is 15.9. The van der Waals surface area contributed by atoms with Gasteiger partial charge in [0.25, 0.3) is 0 Å². The third-order valence-corrected chi connectivity index (χ3v) is 10.4. The monoisotopic (exact) mass is 614 g/mol. The van der Waals surface area contributed by atoms with Crippen LogP contribution in [0.5, 0.6) is 0 Å². The van der Waals surface area contributed by atoms with Gasteiger partial charge in [-0.15, -0.1) is 0 Å². The zero-order chi connectivity index (χ0) is 31.4. The number of ether oxygens (including phenoxy) is 2. The maximum absolute atomic E-state index is 13.5. The Hall–Kier alpha value is -5.11. The van der Waals surface area contributed by atoms with Crippen molar-refractivity contribution in [3.8, 4) is 22.3 Å². The number of carboxylic acids is 1. The number of fused-ring (bicyclic) bond motifs is 8. The second-order valence-corrected chi connectivity index (χ2v) is 12.8. The summed E-state index contributed by atoms with van der Waals surface area (Å²) in [7, 11) is 0. The molecule has 232 valence electrons. The smallest absolute Gasteiger partial charge is 0.410 e. The molecule has 2 saturated heterocycles. The SMILES string of the molecule is O=C(NC1(C(=O)O)CC2CCC(C1)N2C(=O)OCC1c2ccccc2-c2ccccc21)OCC1c2ccccc2-c2ccccc21. The van der Waals surface area contributed by atoms with Gasteiger partial charge in [-0.1, -0.05) is 97.1 Å². The molecular weight excluding hydrogens is 580 g/mol. The molecule has 2 unspecified atom stereocenters. The van der Waals surface area contributed by atoms with Crippen molar-refractivity contribution < 1.29 is 29.0 Å². The van der Waals surface area contributed by atoms with Gasteiger partial charge >= 0.3 is 18.2 Å². The first-order chi connectivity index (χ1) is 22.4. The van der Waals surface area contributed by atoms with Gasteiger partial charge < -0.3 is 24.8 Å². The van der Waals surface area contributed by atoms with Crippen LogP contribution in [0, 0.1) is 0 Å². The molecular formula is C38H34N2O6. The van der Waals surface area contributed by atoms with Gasteiger partial charge in [0.2, 0.25) is 0 Å². The number of hydrogen-bond donors (Lipinski definition) is 2. The Labute approximate surface area is 267 Å². The number of nitrogens with zero attached hydrogens (tertiary/aromatic N) is 1. The van der Waals surface area contributed by atoms with E-state index >= 15 is 0 Å². The normalized spacial score (nSPS) is 22.4. The van der Waals surface area contributed by atoms with Crippen molar-refractivity contribution in [1.29, 1.82) is 0 Å². The predicted molar refractivity (Wildman–Crippen MR) is 172 cm³/mol. The predicted octanol–water partition coefficient (Wildman–Crippen LogP) is 6.92. The number of carbonyl (C=O) groups excluding carboxylic acids is 2. The van der Waals surface area contributed by atoms with Crippen LogP contribution < -0.4 is 5.32 Å². The number of rotatable bonds is 6. The van der Waals surface area contributed by atoms with E-state index in [0.29, 0.717) is 12.8 Å². The van der Waals surface area contributed by atoms with Gasteiger partial charge in [0, 0.05) is 36.8 Å². The lowest BCUT2D eigenvalue weighted by Crippen LogP contribution is -2.64. The van der Waals surface area contributed by atoms with Crippen molar-refractivity contribution in [3.63, 3.8) is 0 Å². The van der Waals surface area contributed by atoms with E-state index in [4.69, 9.17) is 9.47 Å². The average Bonchev–Trinajstić information content (AvgIpc) is 3.68. The Balaban J connectivity index is 0.935. The minimum Gasteiger partial charge on any atom is -0.480 e. The number of amides is 2. The molecule has 46 heavy (non-hydrogen) atoms. The molecule has 0 spiro atoms. The summed E-state index contributed by atoms with van der Waals surface area (Å²) in [5, 5.41) is 13.1. The number of piperidine rings is 1. The fraction of sp³-hybridized carbons (Fsp3) is 0.289. The summed E-state index contributed by atoms with van der Waals surface area (Å²) in [5.41, 5.74) is 7.44. The van der Waals surface area contributed by atoms with Crippen LogP contribution in [0.1, 0.15) is 59.8 Å². The molecule has 4 aliphatic rings. The maximum Gasteiger partial charge on any atom is 0.410 e. The minimum atomic E-state index is -1.53. The molecule has 2 aliphatic heterocycles. The summed E-state index contributed by atoms with van der Waals surface area (Å²) in [6.45, 7) is 0.291. The largest absolute Gasteiger partial charge is 0.480 e. The van der Waals surface area contributed by atoms with Gasteiger partial charge in [0.05, 0.1) is 0 Å². The third-order valence-electron chi connectivity index (χ3n) is 10.4. The molecule has 2 N–H and O–H groups in total. The number of nitrogens with one attached hydrogen (secondary N) is 1. The lowest BCUT2D eigenvalue weighted by atomic mass is 9.83. The zero-order valence-electron chi connectivity index (χ0n) is 25.2. The van der Waals surface area contributed by atoms with E-state index < -0.39 is 23.7 Å². The number of alkyl carbamates (subject to hydrolysis) is 1. The summed E-state index contributed by atoms with van der Waals surface area (Å²) in [4.78, 5) is 41.2. The summed E-state index contributed by atoms with van der Waals surface area (Å²) < 4.78 is 11.7. The highest BCUT2D eigenvalue weighted by molar-refractivity contribution is 5.86. The molecule has 0 saturated carbocycles. The summed E-state index contributed by atoms with van der Waals surface area (Å²) >= 11 is 0. The van der Waals surface area contributed by atoms with Crippen LogP contribution >= 0.6 is 0 Å². The highest BCUT2D eigenvalue weighted by Crippen LogP contribution is 2.47. The molecule has 2 amide bonds. The second-order valence-electron chi connectivity index (χ2n) is 12.8. The summed E-state index contributed by atoms with van der Waals surface area (Å²) in [5.74, 6) is -1.32. The fourth-order valence-corrected chi connectivity index (χ4v) is 8.38. The molecule has 8 nitrogen and oxygen atoms in total. The van der Waals surface area contributed by atoms with Crippen molar-refractivity contribution in [2.24, 2.45) is 0 Å². The topological polar surface area (TPSA) is 105 Å². The summed E-state index contributed by atoms with van der Waals surface area (Å²) in [6.07, 6.45) is 0.278. The molecule has 8 heteroatoms. The first-order valence-electron chi connectivity index (χ1n) is 15.9. The van der Waals surface area contributed by atoms with Gasteiger partial charge in [-0.3, -0.25) is 0 Å². The van der Waals surface area contributed by atoms with Gasteiger partial charge in [0.1, 0.15) is 18.8 Å². The second kappa shape index (κ2) is 11.1. The Bertz CT molecular complexity index is 1760. The number of carboxylic acid groups (broad SMARTS) is 1. The number of benzene rings is 4.